The van der Waals surface area contributed by atoms with Crippen molar-refractivity contribution in [2.24, 2.45) is 0 Å². The quantitative estimate of drug-likeness (QED) is 0.770. The Bertz CT molecular complexity index is 611. The minimum Gasteiger partial charge on any atom is -0.475 e. The van der Waals surface area contributed by atoms with Gasteiger partial charge < -0.3 is 15.7 Å². The highest BCUT2D eigenvalue weighted by atomic mass is 19.4. The second-order valence-electron chi connectivity index (χ2n) is 5.78. The van der Waals surface area contributed by atoms with Gasteiger partial charge in [-0.1, -0.05) is 6.07 Å². The van der Waals surface area contributed by atoms with Gasteiger partial charge in [0.2, 0.25) is 5.91 Å². The average molecular weight is 344 g/mol. The van der Waals surface area contributed by atoms with Crippen LogP contribution in [0.1, 0.15) is 30.4 Å². The number of fused-ring (bicyclic) bond motifs is 1. The van der Waals surface area contributed by atoms with Gasteiger partial charge in [-0.05, 0) is 61.9 Å². The molecule has 1 unspecified atom stereocenters. The van der Waals surface area contributed by atoms with Crippen molar-refractivity contribution in [1.82, 2.24) is 5.32 Å². The van der Waals surface area contributed by atoms with Crippen molar-refractivity contribution >= 4 is 17.6 Å². The van der Waals surface area contributed by atoms with Gasteiger partial charge in [0.05, 0.1) is 6.04 Å². The molecule has 1 saturated heterocycles. The van der Waals surface area contributed by atoms with Crippen LogP contribution in [0.4, 0.5) is 18.9 Å². The maximum absolute atomic E-state index is 11.9. The third kappa shape index (κ3) is 4.95. The summed E-state index contributed by atoms with van der Waals surface area (Å²) in [6, 6.07) is 6.31. The molecular weight excluding hydrogens is 325 g/mol. The Hall–Kier alpha value is -2.09. The van der Waals surface area contributed by atoms with Gasteiger partial charge in [-0.25, -0.2) is 4.79 Å². The van der Waals surface area contributed by atoms with Gasteiger partial charge in [-0.3, -0.25) is 4.79 Å². The molecule has 2 aliphatic rings. The highest BCUT2D eigenvalue weighted by Gasteiger charge is 2.38. The summed E-state index contributed by atoms with van der Waals surface area (Å²) in [5.74, 6) is -2.65. The Kier molecular flexibility index (Phi) is 5.82. The van der Waals surface area contributed by atoms with E-state index in [-0.39, 0.29) is 11.9 Å². The van der Waals surface area contributed by atoms with E-state index in [9.17, 15) is 18.0 Å². The van der Waals surface area contributed by atoms with Crippen LogP contribution in [-0.2, 0) is 22.4 Å². The summed E-state index contributed by atoms with van der Waals surface area (Å²) in [7, 11) is 0. The predicted octanol–water partition coefficient (Wildman–Crippen LogP) is 2.50. The topological polar surface area (TPSA) is 78.4 Å². The lowest BCUT2D eigenvalue weighted by Gasteiger charge is -2.12. The molecule has 1 aromatic rings. The number of amides is 1. The number of carboxylic acid groups (broad SMARTS) is 1. The number of hydrogen-bond donors (Lipinski definition) is 3. The van der Waals surface area contributed by atoms with E-state index < -0.39 is 12.1 Å². The number of aryl methyl sites for hydroxylation is 2. The Morgan fingerprint density at radius 2 is 1.83 bits per heavy atom. The third-order valence-corrected chi connectivity index (χ3v) is 3.99. The summed E-state index contributed by atoms with van der Waals surface area (Å²) >= 11 is 0. The van der Waals surface area contributed by atoms with E-state index in [4.69, 9.17) is 9.90 Å². The second-order valence-corrected chi connectivity index (χ2v) is 5.78. The second kappa shape index (κ2) is 7.65. The molecule has 1 aromatic carbocycles. The molecule has 1 amide bonds. The van der Waals surface area contributed by atoms with Crippen LogP contribution < -0.4 is 10.6 Å². The summed E-state index contributed by atoms with van der Waals surface area (Å²) in [5, 5.41) is 13.4. The fourth-order valence-corrected chi connectivity index (χ4v) is 2.79. The zero-order valence-corrected chi connectivity index (χ0v) is 12.9. The first-order chi connectivity index (χ1) is 11.3. The number of benzene rings is 1. The Labute approximate surface area is 137 Å². The molecule has 8 heteroatoms. The molecule has 0 saturated carbocycles. The molecule has 0 bridgehead atoms. The van der Waals surface area contributed by atoms with Crippen molar-refractivity contribution in [3.63, 3.8) is 0 Å². The number of carboxylic acids is 1. The minimum atomic E-state index is -5.08. The smallest absolute Gasteiger partial charge is 0.475 e. The summed E-state index contributed by atoms with van der Waals surface area (Å²) in [5.41, 5.74) is 3.80. The maximum Gasteiger partial charge on any atom is 0.490 e. The van der Waals surface area contributed by atoms with Crippen LogP contribution in [0.25, 0.3) is 0 Å². The largest absolute Gasteiger partial charge is 0.490 e. The minimum absolute atomic E-state index is 0.00301. The summed E-state index contributed by atoms with van der Waals surface area (Å²) in [4.78, 5) is 20.8. The lowest BCUT2D eigenvalue weighted by molar-refractivity contribution is -0.192. The molecule has 24 heavy (non-hydrogen) atoms. The molecule has 1 atom stereocenters. The van der Waals surface area contributed by atoms with Crippen molar-refractivity contribution in [3.05, 3.63) is 29.3 Å². The fourth-order valence-electron chi connectivity index (χ4n) is 2.79. The van der Waals surface area contributed by atoms with E-state index in [1.807, 2.05) is 6.07 Å². The highest BCUT2D eigenvalue weighted by molar-refractivity contribution is 5.95. The van der Waals surface area contributed by atoms with Crippen LogP contribution in [-0.4, -0.2) is 35.7 Å². The Balaban J connectivity index is 0.000000256. The van der Waals surface area contributed by atoms with Gasteiger partial charge in [0.25, 0.3) is 0 Å². The van der Waals surface area contributed by atoms with Crippen molar-refractivity contribution in [2.45, 2.75) is 44.3 Å². The van der Waals surface area contributed by atoms with Crippen LogP contribution in [0.2, 0.25) is 0 Å². The zero-order chi connectivity index (χ0) is 17.7. The Morgan fingerprint density at radius 1 is 1.17 bits per heavy atom. The molecule has 3 N–H and O–H groups in total. The van der Waals surface area contributed by atoms with Crippen LogP contribution in [0.5, 0.6) is 0 Å². The summed E-state index contributed by atoms with van der Waals surface area (Å²) < 4.78 is 31.7. The standard InChI is InChI=1S/C14H18N2O.C2HF3O2/c17-14(13-5-2-8-15-13)16-12-7-6-10-3-1-4-11(10)9-12;3-2(4,5)1(6)7/h6-7,9,13,15H,1-5,8H2,(H,16,17);(H,6,7). The van der Waals surface area contributed by atoms with E-state index in [2.05, 4.69) is 22.8 Å². The van der Waals surface area contributed by atoms with Gasteiger partial charge in [-0.15, -0.1) is 0 Å². The average Bonchev–Trinajstić information content (AvgIpc) is 3.18. The van der Waals surface area contributed by atoms with Crippen LogP contribution in [0, 0.1) is 0 Å². The van der Waals surface area contributed by atoms with Gasteiger partial charge in [-0.2, -0.15) is 13.2 Å². The fraction of sp³-hybridized carbons (Fsp3) is 0.500. The van der Waals surface area contributed by atoms with E-state index in [0.717, 1.165) is 31.5 Å². The molecule has 1 fully saturated rings. The monoisotopic (exact) mass is 344 g/mol. The summed E-state index contributed by atoms with van der Waals surface area (Å²) in [6.07, 6.45) is 0.560. The number of aliphatic carboxylic acids is 1. The number of rotatable bonds is 2. The molecule has 0 aromatic heterocycles. The van der Waals surface area contributed by atoms with Crippen molar-refractivity contribution in [3.8, 4) is 0 Å². The normalized spacial score (nSPS) is 19.2. The first-order valence-electron chi connectivity index (χ1n) is 7.73. The van der Waals surface area contributed by atoms with E-state index in [1.54, 1.807) is 0 Å². The lowest BCUT2D eigenvalue weighted by Crippen LogP contribution is -2.35. The molecule has 1 aliphatic heterocycles. The van der Waals surface area contributed by atoms with Crippen LogP contribution >= 0.6 is 0 Å². The molecule has 1 aliphatic carbocycles. The van der Waals surface area contributed by atoms with Gasteiger partial charge in [0.1, 0.15) is 0 Å². The first-order valence-corrected chi connectivity index (χ1v) is 7.73. The first kappa shape index (κ1) is 18.3. The number of anilines is 1. The molecule has 5 nitrogen and oxygen atoms in total. The molecule has 1 heterocycles. The number of carbonyl (C=O) groups excluding carboxylic acids is 1. The predicted molar refractivity (Wildman–Crippen MR) is 81.8 cm³/mol. The molecular formula is C16H19F3N2O3. The van der Waals surface area contributed by atoms with Gasteiger partial charge in [0.15, 0.2) is 0 Å². The molecule has 0 radical (unpaired) electrons. The zero-order valence-electron chi connectivity index (χ0n) is 12.9. The highest BCUT2D eigenvalue weighted by Crippen LogP contribution is 2.25. The van der Waals surface area contributed by atoms with Crippen molar-refractivity contribution in [1.29, 1.82) is 0 Å². The van der Waals surface area contributed by atoms with Crippen LogP contribution in [0.15, 0.2) is 18.2 Å². The number of carbonyl (C=O) groups is 2. The number of nitrogens with one attached hydrogen (secondary N) is 2. The number of alkyl halides is 3. The van der Waals surface area contributed by atoms with Gasteiger partial charge in [0, 0.05) is 5.69 Å². The van der Waals surface area contributed by atoms with E-state index in [0.29, 0.717) is 0 Å². The summed E-state index contributed by atoms with van der Waals surface area (Å²) in [6.45, 7) is 0.961. The Morgan fingerprint density at radius 3 is 2.42 bits per heavy atom. The molecule has 3 rings (SSSR count). The van der Waals surface area contributed by atoms with Crippen LogP contribution in [0.3, 0.4) is 0 Å². The SMILES string of the molecule is O=C(Nc1ccc2c(c1)CCC2)C1CCCN1.O=C(O)C(F)(F)F. The number of halogens is 3. The molecule has 0 spiro atoms. The molecule has 132 valence electrons. The lowest BCUT2D eigenvalue weighted by atomic mass is 10.1. The third-order valence-electron chi connectivity index (χ3n) is 3.99. The van der Waals surface area contributed by atoms with Crippen molar-refractivity contribution < 1.29 is 27.9 Å². The van der Waals surface area contributed by atoms with Crippen molar-refractivity contribution in [2.75, 3.05) is 11.9 Å². The van der Waals surface area contributed by atoms with E-state index >= 15 is 0 Å². The van der Waals surface area contributed by atoms with E-state index in [1.165, 1.54) is 24.0 Å². The van der Waals surface area contributed by atoms with Gasteiger partial charge >= 0.3 is 12.1 Å². The number of hydrogen-bond acceptors (Lipinski definition) is 3. The maximum atomic E-state index is 11.9.